The molecule has 0 heterocycles. The van der Waals surface area contributed by atoms with Gasteiger partial charge in [-0.1, -0.05) is 95.6 Å². The molecule has 3 rings (SSSR count). The van der Waals surface area contributed by atoms with E-state index in [1.54, 1.807) is 0 Å². The zero-order chi connectivity index (χ0) is 28.7. The SMILES string of the molecule is CC(C)=CCC/C(C)=C/C=C/C(C)=C/C[P+](c1ccccc1)(c1ccccc1)c1ccccc1.CS(=O)(=O)[O-]. The van der Waals surface area contributed by atoms with Crippen LogP contribution in [-0.2, 0) is 10.1 Å². The molecule has 0 aromatic heterocycles. The van der Waals surface area contributed by atoms with Gasteiger partial charge in [-0.05, 0) is 83.0 Å². The van der Waals surface area contributed by atoms with E-state index in [0.717, 1.165) is 19.0 Å². The van der Waals surface area contributed by atoms with Gasteiger partial charge in [-0.2, -0.15) is 0 Å². The summed E-state index contributed by atoms with van der Waals surface area (Å²) in [5.74, 6) is 0. The van der Waals surface area contributed by atoms with Gasteiger partial charge >= 0.3 is 0 Å². The highest BCUT2D eigenvalue weighted by molar-refractivity contribution is 7.95. The second-order valence-electron chi connectivity index (χ2n) is 9.84. The van der Waals surface area contributed by atoms with Crippen molar-refractivity contribution in [3.63, 3.8) is 0 Å². The molecule has 0 saturated heterocycles. The van der Waals surface area contributed by atoms with Crippen molar-refractivity contribution in [1.82, 2.24) is 0 Å². The molecule has 0 fully saturated rings. The zero-order valence-electron chi connectivity index (χ0n) is 23.7. The Hall–Kier alpha value is -3.04. The van der Waals surface area contributed by atoms with Gasteiger partial charge in [-0.15, -0.1) is 0 Å². The van der Waals surface area contributed by atoms with Crippen LogP contribution in [0.5, 0.6) is 0 Å². The summed E-state index contributed by atoms with van der Waals surface area (Å²) in [6.45, 7) is 8.77. The highest BCUT2D eigenvalue weighted by atomic mass is 32.2. The van der Waals surface area contributed by atoms with Crippen LogP contribution in [-0.4, -0.2) is 25.4 Å². The molecule has 3 aromatic rings. The summed E-state index contributed by atoms with van der Waals surface area (Å²) in [5, 5.41) is 4.28. The lowest BCUT2D eigenvalue weighted by Gasteiger charge is -2.26. The molecule has 0 aliphatic rings. The van der Waals surface area contributed by atoms with Crippen LogP contribution in [0.2, 0.25) is 0 Å². The number of allylic oxidation sites excluding steroid dienone is 8. The van der Waals surface area contributed by atoms with Crippen LogP contribution in [0.1, 0.15) is 40.5 Å². The van der Waals surface area contributed by atoms with Crippen LogP contribution in [0.25, 0.3) is 0 Å². The van der Waals surface area contributed by atoms with E-state index in [0.29, 0.717) is 6.26 Å². The molecular formula is C34H41O3PS. The summed E-state index contributed by atoms with van der Waals surface area (Å²) in [6, 6.07) is 33.3. The minimum atomic E-state index is -3.92. The zero-order valence-corrected chi connectivity index (χ0v) is 25.5. The second-order valence-corrected chi connectivity index (χ2v) is 14.8. The average molecular weight is 561 g/mol. The standard InChI is InChI=1S/C33H38P.CH4O3S/c1-28(2)16-14-17-29(3)18-15-19-30(4)26-27-34(31-20-8-5-9-21-31,32-22-10-6-11-23-32)33-24-12-7-13-25-33;1-5(2,3)4/h5-13,15-16,18-26H,14,17,27H2,1-4H3;1H3,(H,2,3,4)/q+1;/p-1/b19-15+,29-18+,30-26+;. The molecule has 0 aliphatic heterocycles. The van der Waals surface area contributed by atoms with E-state index >= 15 is 0 Å². The molecule has 0 aliphatic carbocycles. The van der Waals surface area contributed by atoms with Gasteiger partial charge in [0.15, 0.2) is 0 Å². The summed E-state index contributed by atoms with van der Waals surface area (Å²) in [6.07, 6.45) is 15.3. The van der Waals surface area contributed by atoms with Crippen LogP contribution in [0.3, 0.4) is 0 Å². The minimum Gasteiger partial charge on any atom is -0.748 e. The van der Waals surface area contributed by atoms with Crippen LogP contribution < -0.4 is 15.9 Å². The van der Waals surface area contributed by atoms with Crippen molar-refractivity contribution in [2.24, 2.45) is 0 Å². The highest BCUT2D eigenvalue weighted by Crippen LogP contribution is 2.55. The Morgan fingerprint density at radius 1 is 0.744 bits per heavy atom. The van der Waals surface area contributed by atoms with Gasteiger partial charge in [0.2, 0.25) is 0 Å². The Labute approximate surface area is 236 Å². The number of benzene rings is 3. The maximum absolute atomic E-state index is 9.08. The van der Waals surface area contributed by atoms with Crippen molar-refractivity contribution in [1.29, 1.82) is 0 Å². The molecule has 0 N–H and O–H groups in total. The van der Waals surface area contributed by atoms with Crippen molar-refractivity contribution in [3.05, 3.63) is 138 Å². The fourth-order valence-electron chi connectivity index (χ4n) is 4.20. The maximum atomic E-state index is 9.08. The van der Waals surface area contributed by atoms with Crippen LogP contribution in [0.4, 0.5) is 0 Å². The van der Waals surface area contributed by atoms with Gasteiger partial charge in [-0.25, -0.2) is 8.42 Å². The Morgan fingerprint density at radius 3 is 1.54 bits per heavy atom. The molecule has 0 saturated carbocycles. The number of hydrogen-bond donors (Lipinski definition) is 0. The summed E-state index contributed by atoms with van der Waals surface area (Å²) in [5.41, 5.74) is 4.12. The molecule has 0 amide bonds. The Balaban J connectivity index is 0.000000976. The molecule has 0 bridgehead atoms. The largest absolute Gasteiger partial charge is 0.748 e. The molecule has 0 spiro atoms. The van der Waals surface area contributed by atoms with Crippen molar-refractivity contribution in [2.45, 2.75) is 40.5 Å². The molecule has 0 atom stereocenters. The first-order valence-electron chi connectivity index (χ1n) is 13.1. The quantitative estimate of drug-likeness (QED) is 0.113. The number of rotatable bonds is 10. The lowest BCUT2D eigenvalue weighted by atomic mass is 10.1. The predicted molar refractivity (Wildman–Crippen MR) is 171 cm³/mol. The molecule has 206 valence electrons. The highest BCUT2D eigenvalue weighted by Gasteiger charge is 2.44. The van der Waals surface area contributed by atoms with Crippen molar-refractivity contribution >= 4 is 33.3 Å². The summed E-state index contributed by atoms with van der Waals surface area (Å²) < 4.78 is 27.2. The topological polar surface area (TPSA) is 57.2 Å². The van der Waals surface area contributed by atoms with Crippen molar-refractivity contribution < 1.29 is 13.0 Å². The lowest BCUT2D eigenvalue weighted by molar-refractivity contribution is 0.470. The summed E-state index contributed by atoms with van der Waals surface area (Å²) >= 11 is 0. The monoisotopic (exact) mass is 560 g/mol. The van der Waals surface area contributed by atoms with Crippen LogP contribution in [0, 0.1) is 0 Å². The van der Waals surface area contributed by atoms with Gasteiger partial charge in [0.25, 0.3) is 0 Å². The van der Waals surface area contributed by atoms with Gasteiger partial charge in [-0.3, -0.25) is 0 Å². The lowest BCUT2D eigenvalue weighted by Crippen LogP contribution is -2.33. The first-order chi connectivity index (χ1) is 18.5. The Morgan fingerprint density at radius 2 is 1.15 bits per heavy atom. The van der Waals surface area contributed by atoms with Crippen molar-refractivity contribution in [2.75, 3.05) is 12.4 Å². The van der Waals surface area contributed by atoms with E-state index in [2.05, 4.69) is 149 Å². The van der Waals surface area contributed by atoms with E-state index in [1.807, 2.05) is 0 Å². The average Bonchev–Trinajstić information content (AvgIpc) is 2.90. The third-order valence-electron chi connectivity index (χ3n) is 6.11. The van der Waals surface area contributed by atoms with Crippen LogP contribution >= 0.6 is 7.26 Å². The molecule has 3 aromatic carbocycles. The molecule has 39 heavy (non-hydrogen) atoms. The normalized spacial score (nSPS) is 12.6. The van der Waals surface area contributed by atoms with E-state index < -0.39 is 17.4 Å². The smallest absolute Gasteiger partial charge is 0.115 e. The number of hydrogen-bond acceptors (Lipinski definition) is 3. The van der Waals surface area contributed by atoms with Gasteiger partial charge in [0.05, 0.1) is 16.3 Å². The van der Waals surface area contributed by atoms with E-state index in [1.165, 1.54) is 32.6 Å². The third-order valence-corrected chi connectivity index (χ3v) is 10.4. The fraction of sp³-hybridized carbons (Fsp3) is 0.235. The maximum Gasteiger partial charge on any atom is 0.115 e. The Kier molecular flexibility index (Phi) is 13.3. The van der Waals surface area contributed by atoms with Crippen LogP contribution in [0.15, 0.2) is 138 Å². The first-order valence-corrected chi connectivity index (χ1v) is 16.9. The van der Waals surface area contributed by atoms with Gasteiger partial charge in [0, 0.05) is 6.26 Å². The van der Waals surface area contributed by atoms with Gasteiger partial charge in [0.1, 0.15) is 23.2 Å². The van der Waals surface area contributed by atoms with Gasteiger partial charge < -0.3 is 4.55 Å². The minimum absolute atomic E-state index is 0.604. The summed E-state index contributed by atoms with van der Waals surface area (Å²) in [4.78, 5) is 0. The predicted octanol–water partition coefficient (Wildman–Crippen LogP) is 7.34. The van der Waals surface area contributed by atoms with E-state index in [-0.39, 0.29) is 0 Å². The molecule has 5 heteroatoms. The van der Waals surface area contributed by atoms with E-state index in [9.17, 15) is 0 Å². The van der Waals surface area contributed by atoms with E-state index in [4.69, 9.17) is 13.0 Å². The molecule has 0 unspecified atom stereocenters. The third kappa shape index (κ3) is 11.7. The molecular weight excluding hydrogens is 519 g/mol. The summed E-state index contributed by atoms with van der Waals surface area (Å²) in [7, 11) is -5.73. The first kappa shape index (κ1) is 32.2. The molecule has 0 radical (unpaired) electrons. The Bertz CT molecular complexity index is 1260. The van der Waals surface area contributed by atoms with Crippen molar-refractivity contribution in [3.8, 4) is 0 Å². The second kappa shape index (κ2) is 16.2. The fourth-order valence-corrected chi connectivity index (χ4v) is 8.33. The molecule has 3 nitrogen and oxygen atoms in total.